The highest BCUT2D eigenvalue weighted by atomic mass is 32.2. The van der Waals surface area contributed by atoms with E-state index in [4.69, 9.17) is 15.2 Å². The standard InChI is InChI=1S/C14H19NO2S/c1-16-12-4-2-3-11(14(9-15)5-6-14)13(12)17-10-7-18-8-10/h2-4,10H,5-9,15H2,1H3. The number of methoxy groups -OCH3 is 1. The van der Waals surface area contributed by atoms with Crippen molar-refractivity contribution in [3.8, 4) is 11.5 Å². The highest BCUT2D eigenvalue weighted by molar-refractivity contribution is 8.00. The Labute approximate surface area is 112 Å². The van der Waals surface area contributed by atoms with E-state index in [-0.39, 0.29) is 5.41 Å². The van der Waals surface area contributed by atoms with Crippen LogP contribution in [0.3, 0.4) is 0 Å². The Balaban J connectivity index is 1.95. The Morgan fingerprint density at radius 2 is 2.17 bits per heavy atom. The second-order valence-corrected chi connectivity index (χ2v) is 6.17. The Morgan fingerprint density at radius 3 is 2.67 bits per heavy atom. The highest BCUT2D eigenvalue weighted by Crippen LogP contribution is 2.52. The zero-order chi connectivity index (χ0) is 12.6. The number of rotatable bonds is 5. The summed E-state index contributed by atoms with van der Waals surface area (Å²) in [6.07, 6.45) is 2.65. The first-order valence-corrected chi connectivity index (χ1v) is 7.56. The van der Waals surface area contributed by atoms with Crippen molar-refractivity contribution in [1.82, 2.24) is 0 Å². The molecule has 18 heavy (non-hydrogen) atoms. The summed E-state index contributed by atoms with van der Waals surface area (Å²) in [5.74, 6) is 3.91. The molecule has 0 atom stereocenters. The van der Waals surface area contributed by atoms with Gasteiger partial charge in [0.25, 0.3) is 0 Å². The van der Waals surface area contributed by atoms with Crippen LogP contribution in [0.15, 0.2) is 18.2 Å². The normalized spacial score (nSPS) is 21.2. The van der Waals surface area contributed by atoms with Crippen molar-refractivity contribution in [1.29, 1.82) is 0 Å². The van der Waals surface area contributed by atoms with E-state index in [9.17, 15) is 0 Å². The largest absolute Gasteiger partial charge is 0.493 e. The van der Waals surface area contributed by atoms with E-state index in [2.05, 4.69) is 6.07 Å². The van der Waals surface area contributed by atoms with Crippen LogP contribution in [0.1, 0.15) is 18.4 Å². The molecule has 2 aliphatic rings. The molecule has 1 aliphatic heterocycles. The number of hydrogen-bond donors (Lipinski definition) is 1. The third-order valence-electron chi connectivity index (χ3n) is 3.91. The lowest BCUT2D eigenvalue weighted by atomic mass is 9.94. The summed E-state index contributed by atoms with van der Waals surface area (Å²) in [5.41, 5.74) is 7.31. The van der Waals surface area contributed by atoms with Gasteiger partial charge in [-0.05, 0) is 18.9 Å². The average molecular weight is 265 g/mol. The molecular weight excluding hydrogens is 246 g/mol. The Kier molecular flexibility index (Phi) is 3.16. The number of hydrogen-bond acceptors (Lipinski definition) is 4. The molecule has 3 rings (SSSR count). The van der Waals surface area contributed by atoms with E-state index in [0.717, 1.165) is 35.8 Å². The Morgan fingerprint density at radius 1 is 1.39 bits per heavy atom. The van der Waals surface area contributed by atoms with Gasteiger partial charge >= 0.3 is 0 Å². The number of para-hydroxylation sites is 1. The molecule has 0 radical (unpaired) electrons. The maximum Gasteiger partial charge on any atom is 0.165 e. The SMILES string of the molecule is COc1cccc(C2(CN)CC2)c1OC1CSC1. The molecule has 0 spiro atoms. The summed E-state index contributed by atoms with van der Waals surface area (Å²) in [7, 11) is 1.70. The number of thioether (sulfide) groups is 1. The number of benzene rings is 1. The van der Waals surface area contributed by atoms with Gasteiger partial charge in [0.15, 0.2) is 11.5 Å². The zero-order valence-corrected chi connectivity index (χ0v) is 11.5. The molecule has 4 heteroatoms. The minimum Gasteiger partial charge on any atom is -0.493 e. The third kappa shape index (κ3) is 1.97. The topological polar surface area (TPSA) is 44.5 Å². The molecule has 0 amide bonds. The van der Waals surface area contributed by atoms with Gasteiger partial charge in [0.1, 0.15) is 6.10 Å². The van der Waals surface area contributed by atoms with Gasteiger partial charge < -0.3 is 15.2 Å². The van der Waals surface area contributed by atoms with E-state index >= 15 is 0 Å². The van der Waals surface area contributed by atoms with Crippen molar-refractivity contribution < 1.29 is 9.47 Å². The van der Waals surface area contributed by atoms with Gasteiger partial charge in [0.2, 0.25) is 0 Å². The maximum absolute atomic E-state index is 6.13. The predicted molar refractivity (Wildman–Crippen MR) is 74.7 cm³/mol. The van der Waals surface area contributed by atoms with E-state index in [1.165, 1.54) is 5.56 Å². The molecule has 98 valence electrons. The lowest BCUT2D eigenvalue weighted by Crippen LogP contribution is -2.32. The summed E-state index contributed by atoms with van der Waals surface area (Å²) < 4.78 is 11.6. The molecule has 3 nitrogen and oxygen atoms in total. The van der Waals surface area contributed by atoms with Gasteiger partial charge in [-0.2, -0.15) is 11.8 Å². The minimum atomic E-state index is 0.140. The van der Waals surface area contributed by atoms with Crippen LogP contribution in [0.4, 0.5) is 0 Å². The first kappa shape index (κ1) is 12.2. The molecule has 0 aromatic heterocycles. The second-order valence-electron chi connectivity index (χ2n) is 5.10. The fourth-order valence-corrected chi connectivity index (χ4v) is 2.96. The van der Waals surface area contributed by atoms with Crippen molar-refractivity contribution >= 4 is 11.8 Å². The van der Waals surface area contributed by atoms with Gasteiger partial charge in [-0.3, -0.25) is 0 Å². The summed E-state index contributed by atoms with van der Waals surface area (Å²) in [5, 5.41) is 0. The van der Waals surface area contributed by atoms with Gasteiger partial charge in [-0.1, -0.05) is 12.1 Å². The van der Waals surface area contributed by atoms with E-state index in [1.54, 1.807) is 7.11 Å². The molecule has 1 heterocycles. The van der Waals surface area contributed by atoms with Crippen molar-refractivity contribution in [3.05, 3.63) is 23.8 Å². The van der Waals surface area contributed by atoms with Gasteiger partial charge in [0.05, 0.1) is 7.11 Å². The fourth-order valence-electron chi connectivity index (χ4n) is 2.40. The monoisotopic (exact) mass is 265 g/mol. The van der Waals surface area contributed by atoms with Crippen LogP contribution < -0.4 is 15.2 Å². The van der Waals surface area contributed by atoms with E-state index in [0.29, 0.717) is 12.6 Å². The minimum absolute atomic E-state index is 0.140. The van der Waals surface area contributed by atoms with Crippen molar-refractivity contribution in [2.75, 3.05) is 25.2 Å². The maximum atomic E-state index is 6.13. The van der Waals surface area contributed by atoms with Gasteiger partial charge in [-0.25, -0.2) is 0 Å². The van der Waals surface area contributed by atoms with Crippen LogP contribution in [-0.4, -0.2) is 31.3 Å². The third-order valence-corrected chi connectivity index (χ3v) is 5.12. The molecule has 0 bridgehead atoms. The second kappa shape index (κ2) is 4.67. The molecule has 1 saturated carbocycles. The first-order valence-electron chi connectivity index (χ1n) is 6.41. The van der Waals surface area contributed by atoms with E-state index < -0.39 is 0 Å². The first-order chi connectivity index (χ1) is 8.79. The smallest absolute Gasteiger partial charge is 0.165 e. The molecule has 1 aliphatic carbocycles. The molecule has 1 aromatic rings. The van der Waals surface area contributed by atoms with Gasteiger partial charge in [-0.15, -0.1) is 0 Å². The summed E-state index contributed by atoms with van der Waals surface area (Å²) >= 11 is 1.92. The molecule has 0 unspecified atom stereocenters. The molecule has 1 aromatic carbocycles. The average Bonchev–Trinajstić information content (AvgIpc) is 3.14. The summed E-state index contributed by atoms with van der Waals surface area (Å²) in [6, 6.07) is 6.15. The van der Waals surface area contributed by atoms with Crippen molar-refractivity contribution in [2.24, 2.45) is 5.73 Å². The van der Waals surface area contributed by atoms with E-state index in [1.807, 2.05) is 23.9 Å². The van der Waals surface area contributed by atoms with Crippen LogP contribution >= 0.6 is 11.8 Å². The number of nitrogens with two attached hydrogens (primary N) is 1. The quantitative estimate of drug-likeness (QED) is 0.886. The zero-order valence-electron chi connectivity index (χ0n) is 10.6. The van der Waals surface area contributed by atoms with Crippen LogP contribution in [0.2, 0.25) is 0 Å². The molecular formula is C14H19NO2S. The van der Waals surface area contributed by atoms with Crippen LogP contribution in [-0.2, 0) is 5.41 Å². The van der Waals surface area contributed by atoms with Crippen molar-refractivity contribution in [2.45, 2.75) is 24.4 Å². The van der Waals surface area contributed by atoms with Crippen LogP contribution in [0, 0.1) is 0 Å². The number of ether oxygens (including phenoxy) is 2. The summed E-state index contributed by atoms with van der Waals surface area (Å²) in [4.78, 5) is 0. The van der Waals surface area contributed by atoms with Gasteiger partial charge in [0, 0.05) is 29.0 Å². The Bertz CT molecular complexity index is 441. The van der Waals surface area contributed by atoms with Crippen LogP contribution in [0.25, 0.3) is 0 Å². The molecule has 1 saturated heterocycles. The lowest BCUT2D eigenvalue weighted by molar-refractivity contribution is 0.224. The fraction of sp³-hybridized carbons (Fsp3) is 0.571. The van der Waals surface area contributed by atoms with Crippen molar-refractivity contribution in [3.63, 3.8) is 0 Å². The molecule has 2 fully saturated rings. The lowest BCUT2D eigenvalue weighted by Gasteiger charge is -2.29. The molecule has 2 N–H and O–H groups in total. The predicted octanol–water partition coefficient (Wildman–Crippen LogP) is 2.18. The summed E-state index contributed by atoms with van der Waals surface area (Å²) in [6.45, 7) is 0.690. The Hall–Kier alpha value is -0.870. The highest BCUT2D eigenvalue weighted by Gasteiger charge is 2.45. The van der Waals surface area contributed by atoms with Crippen LogP contribution in [0.5, 0.6) is 11.5 Å².